The van der Waals surface area contributed by atoms with E-state index in [9.17, 15) is 0 Å². The summed E-state index contributed by atoms with van der Waals surface area (Å²) in [5.74, 6) is 0. The second kappa shape index (κ2) is 7.08. The second-order valence-electron chi connectivity index (χ2n) is 4.33. The molecule has 0 fully saturated rings. The molecule has 0 bridgehead atoms. The van der Waals surface area contributed by atoms with Crippen LogP contribution >= 0.6 is 27.5 Å². The van der Waals surface area contributed by atoms with E-state index in [2.05, 4.69) is 33.2 Å². The number of nitrogens with zero attached hydrogens (tertiary/aromatic N) is 1. The standard InChI is InChI=1S/C14H16BrClN2O/c1-2-6-17-13(12-5-7-19-14(12)16)8-11-4-3-10(15)9-18-11/h3-5,7,9,13,17H,2,6,8H2,1H3. The first kappa shape index (κ1) is 14.6. The van der Waals surface area contributed by atoms with Crippen LogP contribution in [0.25, 0.3) is 0 Å². The predicted molar refractivity (Wildman–Crippen MR) is 80.4 cm³/mol. The molecule has 0 saturated heterocycles. The van der Waals surface area contributed by atoms with Crippen LogP contribution in [0, 0.1) is 0 Å². The first-order valence-electron chi connectivity index (χ1n) is 6.27. The summed E-state index contributed by atoms with van der Waals surface area (Å²) in [5.41, 5.74) is 2.01. The van der Waals surface area contributed by atoms with Crippen LogP contribution in [-0.4, -0.2) is 11.5 Å². The number of rotatable bonds is 6. The van der Waals surface area contributed by atoms with Gasteiger partial charge in [0.2, 0.25) is 0 Å². The maximum absolute atomic E-state index is 6.07. The minimum Gasteiger partial charge on any atom is -0.453 e. The van der Waals surface area contributed by atoms with Crippen molar-refractivity contribution in [3.63, 3.8) is 0 Å². The van der Waals surface area contributed by atoms with E-state index < -0.39 is 0 Å². The van der Waals surface area contributed by atoms with Gasteiger partial charge < -0.3 is 9.73 Å². The predicted octanol–water partition coefficient (Wildman–Crippen LogP) is 4.37. The Bertz CT molecular complexity index is 512. The fourth-order valence-corrected chi connectivity index (χ4v) is 2.38. The summed E-state index contributed by atoms with van der Waals surface area (Å²) >= 11 is 9.46. The molecule has 2 heterocycles. The minimum absolute atomic E-state index is 0.125. The third-order valence-corrected chi connectivity index (χ3v) is 3.64. The highest BCUT2D eigenvalue weighted by Crippen LogP contribution is 2.26. The van der Waals surface area contributed by atoms with Gasteiger partial charge in [-0.25, -0.2) is 0 Å². The van der Waals surface area contributed by atoms with Crippen molar-refractivity contribution >= 4 is 27.5 Å². The molecule has 2 aromatic heterocycles. The molecule has 0 radical (unpaired) electrons. The SMILES string of the molecule is CCCNC(Cc1ccc(Br)cn1)c1ccoc1Cl. The van der Waals surface area contributed by atoms with E-state index in [-0.39, 0.29) is 6.04 Å². The zero-order valence-corrected chi connectivity index (χ0v) is 13.0. The summed E-state index contributed by atoms with van der Waals surface area (Å²) in [4.78, 5) is 4.41. The summed E-state index contributed by atoms with van der Waals surface area (Å²) in [6.45, 7) is 3.07. The number of nitrogens with one attached hydrogen (secondary N) is 1. The van der Waals surface area contributed by atoms with Gasteiger partial charge in [-0.3, -0.25) is 4.98 Å². The lowest BCUT2D eigenvalue weighted by Crippen LogP contribution is -2.24. The zero-order valence-electron chi connectivity index (χ0n) is 10.7. The molecular weight excluding hydrogens is 328 g/mol. The molecule has 102 valence electrons. The third kappa shape index (κ3) is 4.06. The van der Waals surface area contributed by atoms with Crippen LogP contribution in [0.4, 0.5) is 0 Å². The Morgan fingerprint density at radius 3 is 2.84 bits per heavy atom. The van der Waals surface area contributed by atoms with Gasteiger partial charge in [-0.05, 0) is 58.7 Å². The van der Waals surface area contributed by atoms with E-state index in [1.807, 2.05) is 24.4 Å². The zero-order chi connectivity index (χ0) is 13.7. The van der Waals surface area contributed by atoms with Gasteiger partial charge in [0.1, 0.15) is 0 Å². The highest BCUT2D eigenvalue weighted by Gasteiger charge is 2.17. The Morgan fingerprint density at radius 1 is 1.42 bits per heavy atom. The Morgan fingerprint density at radius 2 is 2.26 bits per heavy atom. The first-order valence-corrected chi connectivity index (χ1v) is 7.44. The van der Waals surface area contributed by atoms with Crippen molar-refractivity contribution in [3.8, 4) is 0 Å². The van der Waals surface area contributed by atoms with Gasteiger partial charge in [0.25, 0.3) is 0 Å². The molecule has 3 nitrogen and oxygen atoms in total. The maximum atomic E-state index is 6.07. The molecule has 2 aromatic rings. The van der Waals surface area contributed by atoms with Crippen LogP contribution in [0.3, 0.4) is 0 Å². The molecule has 0 saturated carbocycles. The molecule has 0 aliphatic rings. The Labute approximate surface area is 126 Å². The van der Waals surface area contributed by atoms with E-state index in [4.69, 9.17) is 16.0 Å². The number of pyridine rings is 1. The molecule has 0 aliphatic carbocycles. The normalized spacial score (nSPS) is 12.6. The topological polar surface area (TPSA) is 38.1 Å². The van der Waals surface area contributed by atoms with E-state index in [0.29, 0.717) is 5.22 Å². The lowest BCUT2D eigenvalue weighted by Gasteiger charge is -2.17. The van der Waals surface area contributed by atoms with E-state index in [1.165, 1.54) is 0 Å². The van der Waals surface area contributed by atoms with Crippen molar-refractivity contribution in [3.05, 3.63) is 51.6 Å². The largest absolute Gasteiger partial charge is 0.453 e. The van der Waals surface area contributed by atoms with Crippen LogP contribution < -0.4 is 5.32 Å². The maximum Gasteiger partial charge on any atom is 0.197 e. The van der Waals surface area contributed by atoms with Crippen molar-refractivity contribution in [2.45, 2.75) is 25.8 Å². The highest BCUT2D eigenvalue weighted by molar-refractivity contribution is 9.10. The molecule has 19 heavy (non-hydrogen) atoms. The van der Waals surface area contributed by atoms with Crippen LogP contribution in [0.5, 0.6) is 0 Å². The molecule has 1 N–H and O–H groups in total. The molecule has 1 atom stereocenters. The van der Waals surface area contributed by atoms with Gasteiger partial charge in [0, 0.05) is 34.4 Å². The van der Waals surface area contributed by atoms with Crippen molar-refractivity contribution in [2.24, 2.45) is 0 Å². The van der Waals surface area contributed by atoms with E-state index >= 15 is 0 Å². The Hall–Kier alpha value is -0.840. The van der Waals surface area contributed by atoms with Crippen molar-refractivity contribution in [2.75, 3.05) is 6.54 Å². The summed E-state index contributed by atoms with van der Waals surface area (Å²) in [6.07, 6.45) is 5.28. The molecule has 0 aliphatic heterocycles. The van der Waals surface area contributed by atoms with Crippen LogP contribution in [0.15, 0.2) is 39.5 Å². The molecule has 0 spiro atoms. The highest BCUT2D eigenvalue weighted by atomic mass is 79.9. The number of hydrogen-bond donors (Lipinski definition) is 1. The van der Waals surface area contributed by atoms with E-state index in [1.54, 1.807) is 6.26 Å². The van der Waals surface area contributed by atoms with Crippen LogP contribution in [-0.2, 0) is 6.42 Å². The molecule has 0 aromatic carbocycles. The summed E-state index contributed by atoms with van der Waals surface area (Å²) in [7, 11) is 0. The Balaban J connectivity index is 2.14. The molecule has 0 amide bonds. The van der Waals surface area contributed by atoms with E-state index in [0.717, 1.165) is 35.1 Å². The number of aromatic nitrogens is 1. The second-order valence-corrected chi connectivity index (χ2v) is 5.59. The monoisotopic (exact) mass is 342 g/mol. The molecular formula is C14H16BrClN2O. The number of hydrogen-bond acceptors (Lipinski definition) is 3. The molecule has 1 unspecified atom stereocenters. The van der Waals surface area contributed by atoms with Crippen LogP contribution in [0.2, 0.25) is 5.22 Å². The average molecular weight is 344 g/mol. The average Bonchev–Trinajstić information content (AvgIpc) is 2.83. The fourth-order valence-electron chi connectivity index (χ4n) is 1.90. The molecule has 2 rings (SSSR count). The lowest BCUT2D eigenvalue weighted by atomic mass is 10.0. The number of furan rings is 1. The third-order valence-electron chi connectivity index (χ3n) is 2.86. The van der Waals surface area contributed by atoms with Crippen molar-refractivity contribution in [1.29, 1.82) is 0 Å². The van der Waals surface area contributed by atoms with Gasteiger partial charge in [-0.2, -0.15) is 0 Å². The van der Waals surface area contributed by atoms with Crippen molar-refractivity contribution in [1.82, 2.24) is 10.3 Å². The smallest absolute Gasteiger partial charge is 0.197 e. The summed E-state index contributed by atoms with van der Waals surface area (Å²) in [5, 5.41) is 3.93. The minimum atomic E-state index is 0.125. The van der Waals surface area contributed by atoms with Crippen LogP contribution in [0.1, 0.15) is 30.6 Å². The van der Waals surface area contributed by atoms with Gasteiger partial charge in [-0.15, -0.1) is 0 Å². The van der Waals surface area contributed by atoms with Gasteiger partial charge in [0.15, 0.2) is 5.22 Å². The summed E-state index contributed by atoms with van der Waals surface area (Å²) < 4.78 is 6.16. The fraction of sp³-hybridized carbons (Fsp3) is 0.357. The first-order chi connectivity index (χ1) is 9.20. The Kier molecular flexibility index (Phi) is 5.43. The van der Waals surface area contributed by atoms with Gasteiger partial charge in [0.05, 0.1) is 6.26 Å². The lowest BCUT2D eigenvalue weighted by molar-refractivity contribution is 0.509. The quantitative estimate of drug-likeness (QED) is 0.846. The van der Waals surface area contributed by atoms with Gasteiger partial charge >= 0.3 is 0 Å². The number of halogens is 2. The molecule has 5 heteroatoms. The van der Waals surface area contributed by atoms with Gasteiger partial charge in [-0.1, -0.05) is 6.92 Å². The summed E-state index contributed by atoms with van der Waals surface area (Å²) in [6, 6.07) is 6.04. The van der Waals surface area contributed by atoms with Crippen molar-refractivity contribution < 1.29 is 4.42 Å².